The SMILES string of the molecule is Cc1ccc(/C=C/c2nccc3ccccc23)cc1F. The van der Waals surface area contributed by atoms with Gasteiger partial charge in [0.2, 0.25) is 0 Å². The molecule has 0 radical (unpaired) electrons. The summed E-state index contributed by atoms with van der Waals surface area (Å²) in [5.41, 5.74) is 2.39. The van der Waals surface area contributed by atoms with Gasteiger partial charge in [-0.15, -0.1) is 0 Å². The van der Waals surface area contributed by atoms with E-state index in [-0.39, 0.29) is 5.82 Å². The van der Waals surface area contributed by atoms with Gasteiger partial charge in [-0.05, 0) is 41.6 Å². The molecule has 2 aromatic carbocycles. The third-order valence-corrected chi connectivity index (χ3v) is 3.33. The molecule has 1 nitrogen and oxygen atoms in total. The maximum absolute atomic E-state index is 13.5. The molecular weight excluding hydrogens is 249 g/mol. The van der Waals surface area contributed by atoms with Crippen LogP contribution in [0.4, 0.5) is 4.39 Å². The zero-order valence-electron chi connectivity index (χ0n) is 11.2. The van der Waals surface area contributed by atoms with E-state index in [2.05, 4.69) is 11.1 Å². The Labute approximate surface area is 117 Å². The van der Waals surface area contributed by atoms with Gasteiger partial charge in [0.1, 0.15) is 5.82 Å². The van der Waals surface area contributed by atoms with E-state index in [1.165, 1.54) is 6.07 Å². The predicted molar refractivity (Wildman–Crippen MR) is 81.8 cm³/mol. The molecule has 0 fully saturated rings. The third-order valence-electron chi connectivity index (χ3n) is 3.33. The molecule has 1 aromatic heterocycles. The van der Waals surface area contributed by atoms with Crippen LogP contribution < -0.4 is 0 Å². The van der Waals surface area contributed by atoms with Crippen molar-refractivity contribution in [1.29, 1.82) is 0 Å². The van der Waals surface area contributed by atoms with E-state index < -0.39 is 0 Å². The molecule has 0 unspecified atom stereocenters. The van der Waals surface area contributed by atoms with E-state index in [1.54, 1.807) is 19.2 Å². The molecule has 2 heteroatoms. The molecule has 0 aliphatic carbocycles. The lowest BCUT2D eigenvalue weighted by Gasteiger charge is -2.01. The van der Waals surface area contributed by atoms with Crippen molar-refractivity contribution in [3.05, 3.63) is 77.4 Å². The monoisotopic (exact) mass is 263 g/mol. The normalized spacial score (nSPS) is 11.3. The molecule has 0 aliphatic rings. The number of aromatic nitrogens is 1. The second-order valence-corrected chi connectivity index (χ2v) is 4.76. The second-order valence-electron chi connectivity index (χ2n) is 4.76. The highest BCUT2D eigenvalue weighted by Crippen LogP contribution is 2.19. The molecule has 3 rings (SSSR count). The molecule has 0 aliphatic heterocycles. The van der Waals surface area contributed by atoms with Crippen molar-refractivity contribution in [3.8, 4) is 0 Å². The number of benzene rings is 2. The van der Waals surface area contributed by atoms with Crippen molar-refractivity contribution in [2.45, 2.75) is 6.92 Å². The first-order valence-corrected chi connectivity index (χ1v) is 6.52. The number of rotatable bonds is 2. The van der Waals surface area contributed by atoms with E-state index in [4.69, 9.17) is 0 Å². The molecule has 0 N–H and O–H groups in total. The second kappa shape index (κ2) is 5.25. The van der Waals surface area contributed by atoms with Crippen molar-refractivity contribution in [2.24, 2.45) is 0 Å². The average Bonchev–Trinajstić information content (AvgIpc) is 2.48. The molecule has 3 aromatic rings. The van der Waals surface area contributed by atoms with Gasteiger partial charge in [-0.25, -0.2) is 4.39 Å². The number of fused-ring (bicyclic) bond motifs is 1. The first kappa shape index (κ1) is 12.5. The largest absolute Gasteiger partial charge is 0.256 e. The molecular formula is C18H14FN. The minimum absolute atomic E-state index is 0.182. The van der Waals surface area contributed by atoms with Crippen molar-refractivity contribution < 1.29 is 4.39 Å². The Morgan fingerprint density at radius 2 is 1.85 bits per heavy atom. The van der Waals surface area contributed by atoms with Crippen LogP contribution >= 0.6 is 0 Å². The standard InChI is InChI=1S/C18H14FN/c1-13-6-7-14(12-17(13)19)8-9-18-16-5-3-2-4-15(16)10-11-20-18/h2-12H,1H3/b9-8+. The van der Waals surface area contributed by atoms with Gasteiger partial charge >= 0.3 is 0 Å². The summed E-state index contributed by atoms with van der Waals surface area (Å²) in [4.78, 5) is 4.38. The van der Waals surface area contributed by atoms with Gasteiger partial charge < -0.3 is 0 Å². The Morgan fingerprint density at radius 3 is 2.70 bits per heavy atom. The first-order chi connectivity index (χ1) is 9.74. The van der Waals surface area contributed by atoms with E-state index in [0.29, 0.717) is 5.56 Å². The van der Waals surface area contributed by atoms with Crippen LogP contribution in [0.2, 0.25) is 0 Å². The number of hydrogen-bond acceptors (Lipinski definition) is 1. The van der Waals surface area contributed by atoms with Gasteiger partial charge in [0.25, 0.3) is 0 Å². The zero-order valence-corrected chi connectivity index (χ0v) is 11.2. The summed E-state index contributed by atoms with van der Waals surface area (Å²) in [5.74, 6) is -0.182. The molecule has 0 bridgehead atoms. The predicted octanol–water partition coefficient (Wildman–Crippen LogP) is 4.85. The Kier molecular flexibility index (Phi) is 3.30. The highest BCUT2D eigenvalue weighted by molar-refractivity contribution is 5.90. The van der Waals surface area contributed by atoms with Gasteiger partial charge in [-0.1, -0.05) is 42.5 Å². The van der Waals surface area contributed by atoms with Crippen molar-refractivity contribution >= 4 is 22.9 Å². The van der Waals surface area contributed by atoms with Crippen LogP contribution in [0.25, 0.3) is 22.9 Å². The topological polar surface area (TPSA) is 12.9 Å². The molecule has 0 amide bonds. The minimum Gasteiger partial charge on any atom is -0.256 e. The lowest BCUT2D eigenvalue weighted by atomic mass is 10.1. The van der Waals surface area contributed by atoms with Gasteiger partial charge in [0.15, 0.2) is 0 Å². The lowest BCUT2D eigenvalue weighted by Crippen LogP contribution is -1.84. The highest BCUT2D eigenvalue weighted by Gasteiger charge is 1.99. The highest BCUT2D eigenvalue weighted by atomic mass is 19.1. The van der Waals surface area contributed by atoms with Crippen LogP contribution in [0.15, 0.2) is 54.7 Å². The molecule has 20 heavy (non-hydrogen) atoms. The number of halogens is 1. The van der Waals surface area contributed by atoms with Crippen LogP contribution in [0.5, 0.6) is 0 Å². The summed E-state index contributed by atoms with van der Waals surface area (Å²) >= 11 is 0. The first-order valence-electron chi connectivity index (χ1n) is 6.52. The zero-order chi connectivity index (χ0) is 13.9. The fraction of sp³-hybridized carbons (Fsp3) is 0.0556. The van der Waals surface area contributed by atoms with Crippen molar-refractivity contribution in [3.63, 3.8) is 0 Å². The third kappa shape index (κ3) is 2.45. The number of pyridine rings is 1. The van der Waals surface area contributed by atoms with Crippen LogP contribution in [-0.2, 0) is 0 Å². The molecule has 0 spiro atoms. The molecule has 1 heterocycles. The van der Waals surface area contributed by atoms with Crippen molar-refractivity contribution in [1.82, 2.24) is 4.98 Å². The molecule has 0 atom stereocenters. The van der Waals surface area contributed by atoms with Crippen LogP contribution in [0.3, 0.4) is 0 Å². The Balaban J connectivity index is 2.00. The Hall–Kier alpha value is -2.48. The van der Waals surface area contributed by atoms with Gasteiger partial charge in [0, 0.05) is 11.6 Å². The minimum atomic E-state index is -0.182. The average molecular weight is 263 g/mol. The summed E-state index contributed by atoms with van der Waals surface area (Å²) in [5, 5.41) is 2.25. The summed E-state index contributed by atoms with van der Waals surface area (Å²) in [6.45, 7) is 1.76. The summed E-state index contributed by atoms with van der Waals surface area (Å²) in [7, 11) is 0. The lowest BCUT2D eigenvalue weighted by molar-refractivity contribution is 0.618. The summed E-state index contributed by atoms with van der Waals surface area (Å²) in [6, 6.07) is 15.3. The van der Waals surface area contributed by atoms with Crippen LogP contribution in [0, 0.1) is 12.7 Å². The van der Waals surface area contributed by atoms with Crippen LogP contribution in [-0.4, -0.2) is 4.98 Å². The Bertz CT molecular complexity index is 785. The van der Waals surface area contributed by atoms with Crippen LogP contribution in [0.1, 0.15) is 16.8 Å². The van der Waals surface area contributed by atoms with Crippen molar-refractivity contribution in [2.75, 3.05) is 0 Å². The number of nitrogens with zero attached hydrogens (tertiary/aromatic N) is 1. The van der Waals surface area contributed by atoms with E-state index in [1.807, 2.05) is 42.5 Å². The number of hydrogen-bond donors (Lipinski definition) is 0. The smallest absolute Gasteiger partial charge is 0.126 e. The van der Waals surface area contributed by atoms with Gasteiger partial charge in [0.05, 0.1) is 5.69 Å². The molecule has 98 valence electrons. The number of aryl methyl sites for hydroxylation is 1. The fourth-order valence-electron chi connectivity index (χ4n) is 2.16. The van der Waals surface area contributed by atoms with Gasteiger partial charge in [-0.3, -0.25) is 4.98 Å². The van der Waals surface area contributed by atoms with Gasteiger partial charge in [-0.2, -0.15) is 0 Å². The summed E-state index contributed by atoms with van der Waals surface area (Å²) in [6.07, 6.45) is 5.60. The maximum atomic E-state index is 13.5. The fourth-order valence-corrected chi connectivity index (χ4v) is 2.16. The van der Waals surface area contributed by atoms with E-state index >= 15 is 0 Å². The van der Waals surface area contributed by atoms with E-state index in [9.17, 15) is 4.39 Å². The Morgan fingerprint density at radius 1 is 1.00 bits per heavy atom. The summed E-state index contributed by atoms with van der Waals surface area (Å²) < 4.78 is 13.5. The molecule has 0 saturated carbocycles. The molecule has 0 saturated heterocycles. The van der Waals surface area contributed by atoms with E-state index in [0.717, 1.165) is 22.0 Å². The quantitative estimate of drug-likeness (QED) is 0.644. The maximum Gasteiger partial charge on any atom is 0.126 e.